The highest BCUT2D eigenvalue weighted by atomic mass is 35.5. The molecule has 0 aliphatic rings. The molecule has 0 spiro atoms. The lowest BCUT2D eigenvalue weighted by molar-refractivity contribution is 0.181. The van der Waals surface area contributed by atoms with Gasteiger partial charge in [0.15, 0.2) is 0 Å². The molecule has 1 heterocycles. The van der Waals surface area contributed by atoms with E-state index in [1.54, 1.807) is 11.4 Å². The second-order valence-corrected chi connectivity index (χ2v) is 4.94. The predicted molar refractivity (Wildman–Crippen MR) is 64.4 cm³/mol. The van der Waals surface area contributed by atoms with Crippen molar-refractivity contribution in [3.8, 4) is 0 Å². The highest BCUT2D eigenvalue weighted by Gasteiger charge is 2.16. The monoisotopic (exact) mass is 274 g/mol. The minimum Gasteiger partial charge on any atom is -0.387 e. The van der Waals surface area contributed by atoms with Gasteiger partial charge in [0.25, 0.3) is 0 Å². The molecule has 1 N–H and O–H groups in total. The van der Waals surface area contributed by atoms with E-state index in [4.69, 9.17) is 11.6 Å². The summed E-state index contributed by atoms with van der Waals surface area (Å²) in [4.78, 5) is 0.565. The van der Waals surface area contributed by atoms with Crippen LogP contribution < -0.4 is 0 Å². The Labute approximate surface area is 106 Å². The number of rotatable bonds is 3. The molecule has 5 heteroatoms. The molecule has 0 radical (unpaired) electrons. The third-order valence-corrected chi connectivity index (χ3v) is 3.83. The van der Waals surface area contributed by atoms with Gasteiger partial charge >= 0.3 is 0 Å². The molecule has 0 bridgehead atoms. The fraction of sp³-hybridized carbons (Fsp3) is 0.167. The minimum absolute atomic E-state index is 0.00380. The van der Waals surface area contributed by atoms with Crippen LogP contribution >= 0.6 is 22.9 Å². The van der Waals surface area contributed by atoms with Crippen LogP contribution in [0.1, 0.15) is 16.5 Å². The Morgan fingerprint density at radius 3 is 2.71 bits per heavy atom. The highest BCUT2D eigenvalue weighted by Crippen LogP contribution is 2.31. The van der Waals surface area contributed by atoms with Crippen molar-refractivity contribution in [2.75, 3.05) is 0 Å². The van der Waals surface area contributed by atoms with Crippen LogP contribution in [0, 0.1) is 11.6 Å². The van der Waals surface area contributed by atoms with Crippen LogP contribution in [0.2, 0.25) is 5.02 Å². The quantitative estimate of drug-likeness (QED) is 0.898. The van der Waals surface area contributed by atoms with Crippen molar-refractivity contribution in [1.29, 1.82) is 0 Å². The van der Waals surface area contributed by atoms with Crippen molar-refractivity contribution >= 4 is 22.9 Å². The van der Waals surface area contributed by atoms with E-state index in [1.807, 2.05) is 0 Å². The average molecular weight is 275 g/mol. The largest absolute Gasteiger partial charge is 0.387 e. The van der Waals surface area contributed by atoms with Crippen molar-refractivity contribution in [3.05, 3.63) is 56.7 Å². The van der Waals surface area contributed by atoms with Crippen LogP contribution in [0.15, 0.2) is 29.6 Å². The third-order valence-electron chi connectivity index (χ3n) is 2.37. The molecule has 0 amide bonds. The molecular weight excluding hydrogens is 266 g/mol. The summed E-state index contributed by atoms with van der Waals surface area (Å²) in [7, 11) is 0. The SMILES string of the molecule is OC(Cc1cc(F)ccc1F)c1sccc1Cl. The first kappa shape index (κ1) is 12.5. The fourth-order valence-electron chi connectivity index (χ4n) is 1.54. The molecule has 17 heavy (non-hydrogen) atoms. The van der Waals surface area contributed by atoms with Gasteiger partial charge in [0.2, 0.25) is 0 Å². The third kappa shape index (κ3) is 2.83. The number of aliphatic hydroxyl groups excluding tert-OH is 1. The first-order chi connectivity index (χ1) is 8.08. The van der Waals surface area contributed by atoms with E-state index in [1.165, 1.54) is 11.3 Å². The fourth-order valence-corrected chi connectivity index (χ4v) is 2.71. The lowest BCUT2D eigenvalue weighted by Gasteiger charge is -2.10. The van der Waals surface area contributed by atoms with Gasteiger partial charge in [-0.05, 0) is 35.2 Å². The number of benzene rings is 1. The van der Waals surface area contributed by atoms with Crippen molar-refractivity contribution < 1.29 is 13.9 Å². The average Bonchev–Trinajstić information content (AvgIpc) is 2.70. The van der Waals surface area contributed by atoms with Gasteiger partial charge in [-0.3, -0.25) is 0 Å². The van der Waals surface area contributed by atoms with Gasteiger partial charge in [-0.25, -0.2) is 8.78 Å². The van der Waals surface area contributed by atoms with E-state index in [-0.39, 0.29) is 12.0 Å². The van der Waals surface area contributed by atoms with Crippen molar-refractivity contribution in [2.45, 2.75) is 12.5 Å². The molecule has 1 aromatic carbocycles. The molecular formula is C12H9ClF2OS. The smallest absolute Gasteiger partial charge is 0.126 e. The highest BCUT2D eigenvalue weighted by molar-refractivity contribution is 7.10. The van der Waals surface area contributed by atoms with E-state index in [2.05, 4.69) is 0 Å². The van der Waals surface area contributed by atoms with Crippen LogP contribution in [0.5, 0.6) is 0 Å². The summed E-state index contributed by atoms with van der Waals surface area (Å²) in [6.07, 6.45) is -0.914. The Morgan fingerprint density at radius 1 is 1.29 bits per heavy atom. The Morgan fingerprint density at radius 2 is 2.06 bits per heavy atom. The summed E-state index contributed by atoms with van der Waals surface area (Å²) in [5, 5.41) is 12.1. The summed E-state index contributed by atoms with van der Waals surface area (Å²) in [5.74, 6) is -1.05. The molecule has 0 aliphatic heterocycles. The number of thiophene rings is 1. The summed E-state index contributed by atoms with van der Waals surface area (Å²) < 4.78 is 26.3. The van der Waals surface area contributed by atoms with Crippen LogP contribution in [0.4, 0.5) is 8.78 Å². The summed E-state index contributed by atoms with van der Waals surface area (Å²) in [5.41, 5.74) is 0.141. The van der Waals surface area contributed by atoms with Crippen molar-refractivity contribution in [2.24, 2.45) is 0 Å². The second-order valence-electron chi connectivity index (χ2n) is 3.59. The van der Waals surface area contributed by atoms with Crippen LogP contribution in [-0.2, 0) is 6.42 Å². The number of halogens is 3. The van der Waals surface area contributed by atoms with Gasteiger partial charge in [0, 0.05) is 6.42 Å². The summed E-state index contributed by atoms with van der Waals surface area (Å²) >= 11 is 7.14. The van der Waals surface area contributed by atoms with Crippen molar-refractivity contribution in [3.63, 3.8) is 0 Å². The maximum Gasteiger partial charge on any atom is 0.126 e. The zero-order chi connectivity index (χ0) is 12.4. The summed E-state index contributed by atoms with van der Waals surface area (Å²) in [6, 6.07) is 4.84. The van der Waals surface area contributed by atoms with E-state index in [0.717, 1.165) is 18.2 Å². The maximum atomic E-state index is 13.4. The Kier molecular flexibility index (Phi) is 3.76. The van der Waals surface area contributed by atoms with Gasteiger partial charge in [-0.2, -0.15) is 0 Å². The van der Waals surface area contributed by atoms with E-state index in [9.17, 15) is 13.9 Å². The molecule has 0 fully saturated rings. The van der Waals surface area contributed by atoms with E-state index < -0.39 is 17.7 Å². The molecule has 0 saturated carbocycles. The van der Waals surface area contributed by atoms with Crippen LogP contribution in [-0.4, -0.2) is 5.11 Å². The zero-order valence-corrected chi connectivity index (χ0v) is 10.2. The predicted octanol–water partition coefficient (Wildman–Crippen LogP) is 3.96. The standard InChI is InChI=1S/C12H9ClF2OS/c13-9-3-4-17-12(9)11(16)6-7-5-8(14)1-2-10(7)15/h1-5,11,16H,6H2. The van der Waals surface area contributed by atoms with Crippen molar-refractivity contribution in [1.82, 2.24) is 0 Å². The topological polar surface area (TPSA) is 20.2 Å². The molecule has 1 unspecified atom stereocenters. The first-order valence-corrected chi connectivity index (χ1v) is 6.18. The first-order valence-electron chi connectivity index (χ1n) is 4.93. The van der Waals surface area contributed by atoms with Crippen LogP contribution in [0.3, 0.4) is 0 Å². The lowest BCUT2D eigenvalue weighted by atomic mass is 10.1. The summed E-state index contributed by atoms with van der Waals surface area (Å²) in [6.45, 7) is 0. The van der Waals surface area contributed by atoms with Gasteiger partial charge in [0.05, 0.1) is 16.0 Å². The molecule has 0 aliphatic carbocycles. The van der Waals surface area contributed by atoms with Gasteiger partial charge in [-0.15, -0.1) is 11.3 Å². The second kappa shape index (κ2) is 5.12. The zero-order valence-electron chi connectivity index (χ0n) is 8.66. The van der Waals surface area contributed by atoms with Gasteiger partial charge in [0.1, 0.15) is 11.6 Å². The Hall–Kier alpha value is -0.970. The molecule has 1 aromatic heterocycles. The molecule has 1 atom stereocenters. The Bertz CT molecular complexity index is 527. The maximum absolute atomic E-state index is 13.4. The lowest BCUT2D eigenvalue weighted by Crippen LogP contribution is -2.02. The normalized spacial score (nSPS) is 12.7. The van der Waals surface area contributed by atoms with Gasteiger partial charge in [-0.1, -0.05) is 11.6 Å². The van der Waals surface area contributed by atoms with Gasteiger partial charge < -0.3 is 5.11 Å². The number of hydrogen-bond donors (Lipinski definition) is 1. The van der Waals surface area contributed by atoms with E-state index in [0.29, 0.717) is 9.90 Å². The minimum atomic E-state index is -0.918. The van der Waals surface area contributed by atoms with Crippen LogP contribution in [0.25, 0.3) is 0 Å². The molecule has 2 rings (SSSR count). The molecule has 2 aromatic rings. The molecule has 90 valence electrons. The molecule has 0 saturated heterocycles. The van der Waals surface area contributed by atoms with E-state index >= 15 is 0 Å². The Balaban J connectivity index is 2.21. The number of hydrogen-bond acceptors (Lipinski definition) is 2. The number of aliphatic hydroxyl groups is 1. The molecule has 1 nitrogen and oxygen atoms in total.